The standard InChI is InChI=1S/C14H18N2O2/c17-14(13-9-18-6-5-15-13)16-8-11-7-10-3-1-2-4-12(10)11/h1-4,11,13,15H,5-9H2,(H,16,17). The van der Waals surface area contributed by atoms with Crippen molar-refractivity contribution in [3.8, 4) is 0 Å². The zero-order valence-corrected chi connectivity index (χ0v) is 10.3. The summed E-state index contributed by atoms with van der Waals surface area (Å²) < 4.78 is 5.28. The molecular weight excluding hydrogens is 228 g/mol. The summed E-state index contributed by atoms with van der Waals surface area (Å²) >= 11 is 0. The molecule has 2 N–H and O–H groups in total. The van der Waals surface area contributed by atoms with E-state index in [2.05, 4.69) is 34.9 Å². The van der Waals surface area contributed by atoms with Crippen molar-refractivity contribution in [2.75, 3.05) is 26.3 Å². The van der Waals surface area contributed by atoms with Gasteiger partial charge >= 0.3 is 0 Å². The molecule has 3 rings (SSSR count). The van der Waals surface area contributed by atoms with E-state index in [9.17, 15) is 4.79 Å². The molecule has 96 valence electrons. The number of amides is 1. The lowest BCUT2D eigenvalue weighted by molar-refractivity contribution is -0.126. The summed E-state index contributed by atoms with van der Waals surface area (Å²) in [6, 6.07) is 8.25. The molecule has 0 radical (unpaired) electrons. The molecule has 1 aromatic rings. The van der Waals surface area contributed by atoms with Crippen LogP contribution in [0.4, 0.5) is 0 Å². The summed E-state index contributed by atoms with van der Waals surface area (Å²) in [5.41, 5.74) is 2.79. The van der Waals surface area contributed by atoms with E-state index in [-0.39, 0.29) is 11.9 Å². The number of carbonyl (C=O) groups is 1. The van der Waals surface area contributed by atoms with Crippen molar-refractivity contribution in [2.24, 2.45) is 0 Å². The van der Waals surface area contributed by atoms with Crippen molar-refractivity contribution in [1.82, 2.24) is 10.6 Å². The molecule has 1 aromatic carbocycles. The first-order chi connectivity index (χ1) is 8.84. The third-order valence-corrected chi connectivity index (χ3v) is 3.72. The Morgan fingerprint density at radius 1 is 1.44 bits per heavy atom. The SMILES string of the molecule is O=C(NCC1Cc2ccccc21)C1COCCN1. The third kappa shape index (κ3) is 2.26. The zero-order chi connectivity index (χ0) is 12.4. The van der Waals surface area contributed by atoms with Gasteiger partial charge in [0.1, 0.15) is 6.04 Å². The lowest BCUT2D eigenvalue weighted by atomic mass is 9.77. The minimum atomic E-state index is -0.186. The minimum Gasteiger partial charge on any atom is -0.378 e. The maximum atomic E-state index is 11.9. The number of hydrogen-bond acceptors (Lipinski definition) is 3. The number of nitrogens with one attached hydrogen (secondary N) is 2. The van der Waals surface area contributed by atoms with Crippen LogP contribution in [0.1, 0.15) is 17.0 Å². The van der Waals surface area contributed by atoms with Crippen LogP contribution >= 0.6 is 0 Å². The van der Waals surface area contributed by atoms with Gasteiger partial charge in [0.15, 0.2) is 0 Å². The van der Waals surface area contributed by atoms with Gasteiger partial charge in [-0.2, -0.15) is 0 Å². The van der Waals surface area contributed by atoms with Crippen LogP contribution in [0.25, 0.3) is 0 Å². The van der Waals surface area contributed by atoms with E-state index >= 15 is 0 Å². The Labute approximate surface area is 107 Å². The topological polar surface area (TPSA) is 50.4 Å². The van der Waals surface area contributed by atoms with E-state index in [1.54, 1.807) is 0 Å². The highest BCUT2D eigenvalue weighted by atomic mass is 16.5. The molecule has 1 saturated heterocycles. The first kappa shape index (κ1) is 11.7. The Morgan fingerprint density at radius 3 is 3.11 bits per heavy atom. The quantitative estimate of drug-likeness (QED) is 0.813. The van der Waals surface area contributed by atoms with Crippen LogP contribution in [0.15, 0.2) is 24.3 Å². The first-order valence-corrected chi connectivity index (χ1v) is 6.51. The Morgan fingerprint density at radius 2 is 2.33 bits per heavy atom. The van der Waals surface area contributed by atoms with E-state index in [1.165, 1.54) is 11.1 Å². The maximum absolute atomic E-state index is 11.9. The van der Waals surface area contributed by atoms with Crippen molar-refractivity contribution in [1.29, 1.82) is 0 Å². The summed E-state index contributed by atoms with van der Waals surface area (Å²) in [5, 5.41) is 6.17. The van der Waals surface area contributed by atoms with Gasteiger partial charge in [-0.25, -0.2) is 0 Å². The van der Waals surface area contributed by atoms with E-state index in [1.807, 2.05) is 0 Å². The molecule has 2 unspecified atom stereocenters. The number of morpholine rings is 1. The van der Waals surface area contributed by atoms with Gasteiger partial charge in [-0.3, -0.25) is 4.79 Å². The van der Waals surface area contributed by atoms with Crippen LogP contribution in [0, 0.1) is 0 Å². The highest BCUT2D eigenvalue weighted by Crippen LogP contribution is 2.33. The molecule has 0 aromatic heterocycles. The van der Waals surface area contributed by atoms with Crippen LogP contribution < -0.4 is 10.6 Å². The van der Waals surface area contributed by atoms with E-state index in [4.69, 9.17) is 4.74 Å². The average Bonchev–Trinajstić information content (AvgIpc) is 2.40. The molecule has 1 heterocycles. The van der Waals surface area contributed by atoms with Crippen LogP contribution in [-0.2, 0) is 16.0 Å². The fourth-order valence-electron chi connectivity index (χ4n) is 2.63. The van der Waals surface area contributed by atoms with Crippen molar-refractivity contribution in [2.45, 2.75) is 18.4 Å². The number of fused-ring (bicyclic) bond motifs is 1. The number of hydrogen-bond donors (Lipinski definition) is 2. The van der Waals surface area contributed by atoms with E-state index in [0.717, 1.165) is 19.5 Å². The Kier molecular flexibility index (Phi) is 3.30. The summed E-state index contributed by atoms with van der Waals surface area (Å²) in [6.07, 6.45) is 1.07. The summed E-state index contributed by atoms with van der Waals surface area (Å²) in [4.78, 5) is 11.9. The fourth-order valence-corrected chi connectivity index (χ4v) is 2.63. The van der Waals surface area contributed by atoms with Crippen LogP contribution in [0.2, 0.25) is 0 Å². The number of rotatable bonds is 3. The van der Waals surface area contributed by atoms with Gasteiger partial charge in [-0.15, -0.1) is 0 Å². The second kappa shape index (κ2) is 5.08. The molecule has 1 aliphatic heterocycles. The van der Waals surface area contributed by atoms with Crippen molar-refractivity contribution in [3.05, 3.63) is 35.4 Å². The molecule has 4 nitrogen and oxygen atoms in total. The highest BCUT2D eigenvalue weighted by Gasteiger charge is 2.27. The van der Waals surface area contributed by atoms with Gasteiger partial charge in [0.05, 0.1) is 13.2 Å². The molecule has 18 heavy (non-hydrogen) atoms. The van der Waals surface area contributed by atoms with Crippen LogP contribution in [-0.4, -0.2) is 38.3 Å². The largest absolute Gasteiger partial charge is 0.378 e. The summed E-state index contributed by atoms with van der Waals surface area (Å²) in [5.74, 6) is 0.536. The molecule has 0 bridgehead atoms. The first-order valence-electron chi connectivity index (χ1n) is 6.51. The number of ether oxygens (including phenoxy) is 1. The smallest absolute Gasteiger partial charge is 0.239 e. The zero-order valence-electron chi connectivity index (χ0n) is 10.3. The van der Waals surface area contributed by atoms with Crippen LogP contribution in [0.3, 0.4) is 0 Å². The maximum Gasteiger partial charge on any atom is 0.239 e. The third-order valence-electron chi connectivity index (χ3n) is 3.72. The van der Waals surface area contributed by atoms with Gasteiger partial charge in [-0.05, 0) is 17.5 Å². The van der Waals surface area contributed by atoms with Gasteiger partial charge in [0.2, 0.25) is 5.91 Å². The molecule has 2 aliphatic rings. The van der Waals surface area contributed by atoms with Crippen molar-refractivity contribution < 1.29 is 9.53 Å². The molecule has 4 heteroatoms. The molecule has 1 amide bonds. The minimum absolute atomic E-state index is 0.0547. The fraction of sp³-hybridized carbons (Fsp3) is 0.500. The Bertz CT molecular complexity index is 441. The van der Waals surface area contributed by atoms with Crippen molar-refractivity contribution in [3.63, 3.8) is 0 Å². The van der Waals surface area contributed by atoms with Gasteiger partial charge in [0, 0.05) is 19.0 Å². The summed E-state index contributed by atoms with van der Waals surface area (Å²) in [7, 11) is 0. The molecule has 1 aliphatic carbocycles. The van der Waals surface area contributed by atoms with E-state index in [0.29, 0.717) is 19.1 Å². The lowest BCUT2D eigenvalue weighted by Crippen LogP contribution is -2.52. The highest BCUT2D eigenvalue weighted by molar-refractivity contribution is 5.82. The second-order valence-electron chi connectivity index (χ2n) is 4.93. The number of carbonyl (C=O) groups excluding carboxylic acids is 1. The molecule has 2 atom stereocenters. The van der Waals surface area contributed by atoms with E-state index < -0.39 is 0 Å². The molecular formula is C14H18N2O2. The Hall–Kier alpha value is -1.39. The molecule has 1 fully saturated rings. The predicted molar refractivity (Wildman–Crippen MR) is 68.5 cm³/mol. The lowest BCUT2D eigenvalue weighted by Gasteiger charge is -2.31. The van der Waals surface area contributed by atoms with Crippen molar-refractivity contribution >= 4 is 5.91 Å². The predicted octanol–water partition coefficient (Wildman–Crippen LogP) is 0.431. The van der Waals surface area contributed by atoms with Gasteiger partial charge in [-0.1, -0.05) is 24.3 Å². The molecule has 0 spiro atoms. The normalized spacial score (nSPS) is 26.0. The van der Waals surface area contributed by atoms with Crippen LogP contribution in [0.5, 0.6) is 0 Å². The monoisotopic (exact) mass is 246 g/mol. The number of benzene rings is 1. The average molecular weight is 246 g/mol. The molecule has 0 saturated carbocycles. The Balaban J connectivity index is 1.49. The second-order valence-corrected chi connectivity index (χ2v) is 4.93. The van der Waals surface area contributed by atoms with Gasteiger partial charge < -0.3 is 15.4 Å². The summed E-state index contributed by atoms with van der Waals surface area (Å²) in [6.45, 7) is 2.66. The van der Waals surface area contributed by atoms with Gasteiger partial charge in [0.25, 0.3) is 0 Å².